The summed E-state index contributed by atoms with van der Waals surface area (Å²) < 4.78 is 0. The van der Waals surface area contributed by atoms with Crippen LogP contribution in [0.5, 0.6) is 0 Å². The summed E-state index contributed by atoms with van der Waals surface area (Å²) in [6.07, 6.45) is 5.01. The average Bonchev–Trinajstić information content (AvgIpc) is 3.01. The maximum atomic E-state index is 9.45. The van der Waals surface area contributed by atoms with Gasteiger partial charge in [0.2, 0.25) is 0 Å². The Morgan fingerprint density at radius 1 is 1.30 bits per heavy atom. The molecule has 0 bridgehead atoms. The highest BCUT2D eigenvalue weighted by Gasteiger charge is 2.24. The fourth-order valence-electron chi connectivity index (χ4n) is 3.20. The van der Waals surface area contributed by atoms with Crippen LogP contribution in [0.4, 0.5) is 5.82 Å². The SMILES string of the molecule is CCN(c1nc2ccccc2cc1C#N)C1CCCC1. The number of hydrogen-bond acceptors (Lipinski definition) is 3. The predicted octanol–water partition coefficient (Wildman–Crippen LogP) is 3.88. The van der Waals surface area contributed by atoms with Crippen LogP contribution in [0.1, 0.15) is 38.2 Å². The molecular formula is C17H19N3. The topological polar surface area (TPSA) is 39.9 Å². The molecule has 20 heavy (non-hydrogen) atoms. The van der Waals surface area contributed by atoms with Crippen molar-refractivity contribution in [2.45, 2.75) is 38.6 Å². The molecule has 1 fully saturated rings. The van der Waals surface area contributed by atoms with Gasteiger partial charge in [-0.05, 0) is 31.9 Å². The van der Waals surface area contributed by atoms with E-state index in [1.54, 1.807) is 0 Å². The van der Waals surface area contributed by atoms with Crippen molar-refractivity contribution < 1.29 is 0 Å². The zero-order valence-corrected chi connectivity index (χ0v) is 11.8. The summed E-state index contributed by atoms with van der Waals surface area (Å²) in [4.78, 5) is 7.08. The van der Waals surface area contributed by atoms with Crippen LogP contribution in [0.25, 0.3) is 10.9 Å². The molecule has 3 nitrogen and oxygen atoms in total. The van der Waals surface area contributed by atoms with Crippen molar-refractivity contribution in [3.63, 3.8) is 0 Å². The number of benzene rings is 1. The summed E-state index contributed by atoms with van der Waals surface area (Å²) in [5.41, 5.74) is 1.66. The molecule has 2 aromatic rings. The molecule has 0 amide bonds. The van der Waals surface area contributed by atoms with Crippen LogP contribution in [0, 0.1) is 11.3 Å². The number of rotatable bonds is 3. The van der Waals surface area contributed by atoms with Gasteiger partial charge in [0.05, 0.1) is 11.1 Å². The Bertz CT molecular complexity index is 651. The van der Waals surface area contributed by atoms with Crippen molar-refractivity contribution in [2.24, 2.45) is 0 Å². The molecule has 0 spiro atoms. The van der Waals surface area contributed by atoms with E-state index in [-0.39, 0.29) is 0 Å². The van der Waals surface area contributed by atoms with Crippen LogP contribution >= 0.6 is 0 Å². The first-order valence-electron chi connectivity index (χ1n) is 7.40. The van der Waals surface area contributed by atoms with E-state index in [4.69, 9.17) is 4.98 Å². The lowest BCUT2D eigenvalue weighted by atomic mass is 10.1. The third kappa shape index (κ3) is 2.22. The van der Waals surface area contributed by atoms with Gasteiger partial charge in [0.1, 0.15) is 11.9 Å². The van der Waals surface area contributed by atoms with Gasteiger partial charge >= 0.3 is 0 Å². The van der Waals surface area contributed by atoms with Crippen molar-refractivity contribution in [1.82, 2.24) is 4.98 Å². The lowest BCUT2D eigenvalue weighted by Gasteiger charge is -2.29. The molecule has 102 valence electrons. The molecule has 0 aliphatic heterocycles. The van der Waals surface area contributed by atoms with Gasteiger partial charge in [-0.25, -0.2) is 4.98 Å². The van der Waals surface area contributed by atoms with Gasteiger partial charge in [-0.3, -0.25) is 0 Å². The molecule has 3 rings (SSSR count). The highest BCUT2D eigenvalue weighted by molar-refractivity contribution is 5.83. The summed E-state index contributed by atoms with van der Waals surface area (Å²) in [5.74, 6) is 0.862. The van der Waals surface area contributed by atoms with Gasteiger partial charge in [-0.15, -0.1) is 0 Å². The fourth-order valence-corrected chi connectivity index (χ4v) is 3.20. The number of aromatic nitrogens is 1. The van der Waals surface area contributed by atoms with Crippen molar-refractivity contribution in [3.8, 4) is 6.07 Å². The van der Waals surface area contributed by atoms with E-state index in [2.05, 4.69) is 17.9 Å². The summed E-state index contributed by atoms with van der Waals surface area (Å²) in [7, 11) is 0. The van der Waals surface area contributed by atoms with Gasteiger partial charge in [0.25, 0.3) is 0 Å². The van der Waals surface area contributed by atoms with E-state index in [0.29, 0.717) is 11.6 Å². The van der Waals surface area contributed by atoms with Crippen LogP contribution in [-0.4, -0.2) is 17.6 Å². The minimum atomic E-state index is 0.542. The smallest absolute Gasteiger partial charge is 0.147 e. The molecular weight excluding hydrogens is 246 g/mol. The van der Waals surface area contributed by atoms with Crippen LogP contribution < -0.4 is 4.90 Å². The number of nitriles is 1. The van der Waals surface area contributed by atoms with Crippen LogP contribution in [0.15, 0.2) is 30.3 Å². The molecule has 1 saturated carbocycles. The lowest BCUT2D eigenvalue weighted by Crippen LogP contribution is -2.34. The van der Waals surface area contributed by atoms with Gasteiger partial charge in [-0.1, -0.05) is 31.0 Å². The van der Waals surface area contributed by atoms with Crippen LogP contribution in [0.3, 0.4) is 0 Å². The molecule has 0 radical (unpaired) electrons. The molecule has 3 heteroatoms. The Morgan fingerprint density at radius 3 is 2.75 bits per heavy atom. The second-order valence-corrected chi connectivity index (χ2v) is 5.39. The first kappa shape index (κ1) is 12.9. The predicted molar refractivity (Wildman–Crippen MR) is 81.7 cm³/mol. The molecule has 0 N–H and O–H groups in total. The second-order valence-electron chi connectivity index (χ2n) is 5.39. The summed E-state index contributed by atoms with van der Waals surface area (Å²) in [5, 5.41) is 10.5. The van der Waals surface area contributed by atoms with Crippen LogP contribution in [-0.2, 0) is 0 Å². The third-order valence-electron chi connectivity index (χ3n) is 4.20. The molecule has 0 saturated heterocycles. The van der Waals surface area contributed by atoms with E-state index in [1.165, 1.54) is 25.7 Å². The van der Waals surface area contributed by atoms with Crippen molar-refractivity contribution in [3.05, 3.63) is 35.9 Å². The Kier molecular flexibility index (Phi) is 3.56. The van der Waals surface area contributed by atoms with E-state index in [1.807, 2.05) is 30.3 Å². The van der Waals surface area contributed by atoms with Gasteiger partial charge < -0.3 is 4.90 Å². The van der Waals surface area contributed by atoms with Gasteiger partial charge in [0.15, 0.2) is 0 Å². The zero-order chi connectivity index (χ0) is 13.9. The summed E-state index contributed by atoms with van der Waals surface area (Å²) in [6, 6.07) is 12.8. The number of pyridine rings is 1. The molecule has 1 aromatic carbocycles. The van der Waals surface area contributed by atoms with Crippen molar-refractivity contribution in [1.29, 1.82) is 5.26 Å². The van der Waals surface area contributed by atoms with E-state index < -0.39 is 0 Å². The Morgan fingerprint density at radius 2 is 2.05 bits per heavy atom. The minimum Gasteiger partial charge on any atom is -0.353 e. The zero-order valence-electron chi connectivity index (χ0n) is 11.8. The highest BCUT2D eigenvalue weighted by atomic mass is 15.2. The Balaban J connectivity index is 2.10. The maximum Gasteiger partial charge on any atom is 0.147 e. The molecule has 0 unspecified atom stereocenters. The standard InChI is InChI=1S/C17H19N3/c1-2-20(15-8-4-5-9-15)17-14(12-18)11-13-7-3-6-10-16(13)19-17/h3,6-7,10-11,15H,2,4-5,8-9H2,1H3. The molecule has 1 aromatic heterocycles. The third-order valence-corrected chi connectivity index (χ3v) is 4.20. The Labute approximate surface area is 119 Å². The highest BCUT2D eigenvalue weighted by Crippen LogP contribution is 2.30. The fraction of sp³-hybridized carbons (Fsp3) is 0.412. The molecule has 1 aliphatic carbocycles. The monoisotopic (exact) mass is 265 g/mol. The number of fused-ring (bicyclic) bond motifs is 1. The summed E-state index contributed by atoms with van der Waals surface area (Å²) in [6.45, 7) is 3.06. The number of nitrogens with zero attached hydrogens (tertiary/aromatic N) is 3. The van der Waals surface area contributed by atoms with Crippen molar-refractivity contribution >= 4 is 16.7 Å². The van der Waals surface area contributed by atoms with Crippen molar-refractivity contribution in [2.75, 3.05) is 11.4 Å². The van der Waals surface area contributed by atoms with E-state index >= 15 is 0 Å². The van der Waals surface area contributed by atoms with Crippen LogP contribution in [0.2, 0.25) is 0 Å². The van der Waals surface area contributed by atoms with Gasteiger partial charge in [0, 0.05) is 18.0 Å². The molecule has 0 atom stereocenters. The molecule has 1 aliphatic rings. The van der Waals surface area contributed by atoms with Gasteiger partial charge in [-0.2, -0.15) is 5.26 Å². The maximum absolute atomic E-state index is 9.45. The largest absolute Gasteiger partial charge is 0.353 e. The quantitative estimate of drug-likeness (QED) is 0.845. The van der Waals surface area contributed by atoms with E-state index in [9.17, 15) is 5.26 Å². The average molecular weight is 265 g/mol. The Hall–Kier alpha value is -2.08. The normalized spacial score (nSPS) is 15.4. The second kappa shape index (κ2) is 5.50. The number of anilines is 1. The first-order valence-corrected chi connectivity index (χ1v) is 7.40. The molecule has 1 heterocycles. The summed E-state index contributed by atoms with van der Waals surface area (Å²) >= 11 is 0. The minimum absolute atomic E-state index is 0.542. The lowest BCUT2D eigenvalue weighted by molar-refractivity contribution is 0.613. The number of para-hydroxylation sites is 1. The first-order chi connectivity index (χ1) is 9.83. The number of hydrogen-bond donors (Lipinski definition) is 0. The van der Waals surface area contributed by atoms with E-state index in [0.717, 1.165) is 23.3 Å².